The smallest absolute Gasteiger partial charge is 0.225 e. The van der Waals surface area contributed by atoms with E-state index < -0.39 is 0 Å². The van der Waals surface area contributed by atoms with E-state index >= 15 is 0 Å². The van der Waals surface area contributed by atoms with Crippen molar-refractivity contribution in [3.05, 3.63) is 29.8 Å². The molecule has 2 aromatic rings. The van der Waals surface area contributed by atoms with Crippen LogP contribution in [0.5, 0.6) is 0 Å². The summed E-state index contributed by atoms with van der Waals surface area (Å²) in [4.78, 5) is 25.5. The van der Waals surface area contributed by atoms with Crippen molar-refractivity contribution >= 4 is 11.7 Å². The number of anilines is 1. The minimum absolute atomic E-state index is 0.0423. The van der Waals surface area contributed by atoms with E-state index in [1.807, 2.05) is 43.3 Å². The Bertz CT molecular complexity index is 754. The maximum Gasteiger partial charge on any atom is 0.225 e. The van der Waals surface area contributed by atoms with Gasteiger partial charge in [0.2, 0.25) is 5.91 Å². The quantitative estimate of drug-likeness (QED) is 0.853. The van der Waals surface area contributed by atoms with Gasteiger partial charge in [-0.1, -0.05) is 13.8 Å². The summed E-state index contributed by atoms with van der Waals surface area (Å²) < 4.78 is 1.82. The van der Waals surface area contributed by atoms with Crippen molar-refractivity contribution in [3.63, 3.8) is 0 Å². The van der Waals surface area contributed by atoms with E-state index in [0.717, 1.165) is 55.6 Å². The van der Waals surface area contributed by atoms with E-state index in [9.17, 15) is 4.79 Å². The van der Waals surface area contributed by atoms with Crippen LogP contribution in [0.1, 0.15) is 31.7 Å². The SMILES string of the molecule is Cc1cc(C)n(-c2cncc(N3CCCN(C(=O)C(C)C)CC3)n2)n1. The minimum Gasteiger partial charge on any atom is -0.353 e. The van der Waals surface area contributed by atoms with Gasteiger partial charge >= 0.3 is 0 Å². The second-order valence-electron chi connectivity index (χ2n) is 6.89. The van der Waals surface area contributed by atoms with Crippen LogP contribution in [0.15, 0.2) is 18.5 Å². The van der Waals surface area contributed by atoms with Crippen molar-refractivity contribution in [2.75, 3.05) is 31.1 Å². The topological polar surface area (TPSA) is 67.2 Å². The average molecular weight is 342 g/mol. The molecule has 0 bridgehead atoms. The number of carbonyl (C=O) groups excluding carboxylic acids is 1. The summed E-state index contributed by atoms with van der Waals surface area (Å²) in [6.07, 6.45) is 4.45. The van der Waals surface area contributed by atoms with Crippen LogP contribution in [0.25, 0.3) is 5.82 Å². The molecule has 0 saturated carbocycles. The highest BCUT2D eigenvalue weighted by molar-refractivity contribution is 5.78. The molecule has 25 heavy (non-hydrogen) atoms. The molecule has 1 saturated heterocycles. The van der Waals surface area contributed by atoms with Crippen LogP contribution in [0.4, 0.5) is 5.82 Å². The van der Waals surface area contributed by atoms with Crippen molar-refractivity contribution in [1.82, 2.24) is 24.6 Å². The van der Waals surface area contributed by atoms with E-state index in [1.54, 1.807) is 12.4 Å². The van der Waals surface area contributed by atoms with Crippen molar-refractivity contribution < 1.29 is 4.79 Å². The highest BCUT2D eigenvalue weighted by Gasteiger charge is 2.22. The van der Waals surface area contributed by atoms with E-state index in [-0.39, 0.29) is 11.8 Å². The zero-order valence-corrected chi connectivity index (χ0v) is 15.4. The summed E-state index contributed by atoms with van der Waals surface area (Å²) in [5.41, 5.74) is 2.00. The van der Waals surface area contributed by atoms with Gasteiger partial charge < -0.3 is 9.80 Å². The van der Waals surface area contributed by atoms with Gasteiger partial charge in [-0.3, -0.25) is 9.78 Å². The van der Waals surface area contributed by atoms with Crippen molar-refractivity contribution in [2.45, 2.75) is 34.1 Å². The fraction of sp³-hybridized carbons (Fsp3) is 0.556. The van der Waals surface area contributed by atoms with E-state index in [0.29, 0.717) is 0 Å². The number of aryl methyl sites for hydroxylation is 2. The van der Waals surface area contributed by atoms with Gasteiger partial charge in [0.05, 0.1) is 18.1 Å². The van der Waals surface area contributed by atoms with Gasteiger partial charge in [0.1, 0.15) is 5.82 Å². The van der Waals surface area contributed by atoms with Gasteiger partial charge in [-0.05, 0) is 26.3 Å². The fourth-order valence-electron chi connectivity index (χ4n) is 3.19. The lowest BCUT2D eigenvalue weighted by molar-refractivity contribution is -0.134. The summed E-state index contributed by atoms with van der Waals surface area (Å²) in [5, 5.41) is 4.48. The number of carbonyl (C=O) groups is 1. The first-order chi connectivity index (χ1) is 12.0. The zero-order valence-electron chi connectivity index (χ0n) is 15.4. The average Bonchev–Trinajstić information content (AvgIpc) is 2.79. The van der Waals surface area contributed by atoms with Crippen molar-refractivity contribution in [1.29, 1.82) is 0 Å². The molecular formula is C18H26N6O. The molecule has 1 amide bonds. The van der Waals surface area contributed by atoms with Crippen LogP contribution in [0.3, 0.4) is 0 Å². The predicted octanol–water partition coefficient (Wildman–Crippen LogP) is 1.97. The maximum absolute atomic E-state index is 12.2. The van der Waals surface area contributed by atoms with Crippen molar-refractivity contribution in [2.24, 2.45) is 5.92 Å². The second-order valence-corrected chi connectivity index (χ2v) is 6.89. The van der Waals surface area contributed by atoms with E-state index in [2.05, 4.69) is 15.0 Å². The Labute approximate surface area is 148 Å². The lowest BCUT2D eigenvalue weighted by atomic mass is 10.2. The van der Waals surface area contributed by atoms with Gasteiger partial charge in [-0.25, -0.2) is 9.67 Å². The molecule has 134 valence electrons. The molecule has 7 heteroatoms. The Hall–Kier alpha value is -2.44. The molecule has 2 aromatic heterocycles. The lowest BCUT2D eigenvalue weighted by Gasteiger charge is -2.24. The molecule has 1 fully saturated rings. The number of aromatic nitrogens is 4. The normalized spacial score (nSPS) is 15.6. The molecule has 0 N–H and O–H groups in total. The highest BCUT2D eigenvalue weighted by atomic mass is 16.2. The molecule has 0 spiro atoms. The van der Waals surface area contributed by atoms with Gasteiger partial charge in [-0.2, -0.15) is 5.10 Å². The second kappa shape index (κ2) is 7.21. The predicted molar refractivity (Wildman–Crippen MR) is 96.9 cm³/mol. The fourth-order valence-corrected chi connectivity index (χ4v) is 3.19. The zero-order chi connectivity index (χ0) is 18.0. The first-order valence-electron chi connectivity index (χ1n) is 8.85. The van der Waals surface area contributed by atoms with E-state index in [4.69, 9.17) is 4.98 Å². The summed E-state index contributed by atoms with van der Waals surface area (Å²) in [5.74, 6) is 1.83. The number of nitrogens with zero attached hydrogens (tertiary/aromatic N) is 6. The largest absolute Gasteiger partial charge is 0.353 e. The maximum atomic E-state index is 12.2. The van der Waals surface area contributed by atoms with Crippen LogP contribution < -0.4 is 4.90 Å². The van der Waals surface area contributed by atoms with E-state index in [1.165, 1.54) is 0 Å². The van der Waals surface area contributed by atoms with Gasteiger partial charge in [0.25, 0.3) is 0 Å². The third kappa shape index (κ3) is 3.81. The minimum atomic E-state index is 0.0423. The first-order valence-corrected chi connectivity index (χ1v) is 8.85. The Balaban J connectivity index is 1.77. The molecular weight excluding hydrogens is 316 g/mol. The van der Waals surface area contributed by atoms with Gasteiger partial charge in [0.15, 0.2) is 5.82 Å². The summed E-state index contributed by atoms with van der Waals surface area (Å²) in [7, 11) is 0. The number of hydrogen-bond acceptors (Lipinski definition) is 5. The third-order valence-corrected chi connectivity index (χ3v) is 4.46. The Kier molecular flexibility index (Phi) is 5.01. The Morgan fingerprint density at radius 1 is 1.08 bits per heavy atom. The van der Waals surface area contributed by atoms with Crippen molar-refractivity contribution in [3.8, 4) is 5.82 Å². The molecule has 7 nitrogen and oxygen atoms in total. The molecule has 0 radical (unpaired) electrons. The summed E-state index contributed by atoms with van der Waals surface area (Å²) >= 11 is 0. The van der Waals surface area contributed by atoms with Crippen LogP contribution >= 0.6 is 0 Å². The molecule has 3 heterocycles. The lowest BCUT2D eigenvalue weighted by Crippen LogP contribution is -2.37. The summed E-state index contributed by atoms with van der Waals surface area (Å²) in [6.45, 7) is 11.1. The number of amides is 1. The molecule has 0 aromatic carbocycles. The number of hydrogen-bond donors (Lipinski definition) is 0. The number of rotatable bonds is 3. The van der Waals surface area contributed by atoms with Crippen LogP contribution in [0, 0.1) is 19.8 Å². The molecule has 1 aliphatic heterocycles. The monoisotopic (exact) mass is 342 g/mol. The molecule has 1 aliphatic rings. The van der Waals surface area contributed by atoms with Crippen LogP contribution in [0.2, 0.25) is 0 Å². The Morgan fingerprint density at radius 3 is 2.52 bits per heavy atom. The first kappa shape index (κ1) is 17.4. The van der Waals surface area contributed by atoms with Gasteiger partial charge in [0, 0.05) is 37.8 Å². The standard InChI is InChI=1S/C18H26N6O/c1-13(2)18(25)23-7-5-6-22(8-9-23)16-11-19-12-17(20-16)24-15(4)10-14(3)21-24/h10-13H,5-9H2,1-4H3. The molecule has 0 unspecified atom stereocenters. The van der Waals surface area contributed by atoms with Crippen LogP contribution in [-0.2, 0) is 4.79 Å². The summed E-state index contributed by atoms with van der Waals surface area (Å²) in [6, 6.07) is 2.02. The van der Waals surface area contributed by atoms with Gasteiger partial charge in [-0.15, -0.1) is 0 Å². The van der Waals surface area contributed by atoms with Crippen LogP contribution in [-0.4, -0.2) is 56.7 Å². The molecule has 0 atom stereocenters. The third-order valence-electron chi connectivity index (χ3n) is 4.46. The molecule has 0 aliphatic carbocycles. The molecule has 3 rings (SSSR count). The Morgan fingerprint density at radius 2 is 1.84 bits per heavy atom. The highest BCUT2D eigenvalue weighted by Crippen LogP contribution is 2.17.